The van der Waals surface area contributed by atoms with E-state index in [4.69, 9.17) is 18.6 Å². The van der Waals surface area contributed by atoms with Gasteiger partial charge in [0, 0.05) is 37.8 Å². The van der Waals surface area contributed by atoms with Gasteiger partial charge in [0.25, 0.3) is 0 Å². The monoisotopic (exact) mass is 524 g/mol. The molecule has 2 aliphatic rings. The first-order valence-electron chi connectivity index (χ1n) is 12.0. The molecule has 2 aliphatic heterocycles. The summed E-state index contributed by atoms with van der Waals surface area (Å²) in [5.74, 6) is 2.07. The van der Waals surface area contributed by atoms with E-state index in [-0.39, 0.29) is 10.6 Å². The molecule has 2 fully saturated rings. The smallest absolute Gasteiger partial charge is 0.339 e. The summed E-state index contributed by atoms with van der Waals surface area (Å²) >= 11 is 0. The molecule has 3 aromatic rings. The molecule has 0 spiro atoms. The van der Waals surface area contributed by atoms with Crippen LogP contribution in [0, 0.1) is 0 Å². The summed E-state index contributed by atoms with van der Waals surface area (Å²) in [6.07, 6.45) is 1.50. The van der Waals surface area contributed by atoms with Crippen molar-refractivity contribution in [3.8, 4) is 5.75 Å². The zero-order chi connectivity index (χ0) is 25.5. The number of hydrogen-bond donors (Lipinski definition) is 1. The Morgan fingerprint density at radius 2 is 1.51 bits per heavy atom. The summed E-state index contributed by atoms with van der Waals surface area (Å²) in [6, 6.07) is 16.6. The second kappa shape index (κ2) is 11.5. The quantitative estimate of drug-likeness (QED) is 0.267. The van der Waals surface area contributed by atoms with Gasteiger partial charge in [0.2, 0.25) is 5.95 Å². The number of anilines is 3. The van der Waals surface area contributed by atoms with Gasteiger partial charge < -0.3 is 23.5 Å². The van der Waals surface area contributed by atoms with Crippen LogP contribution in [0.4, 0.5) is 17.6 Å². The number of hydrogen-bond acceptors (Lipinski definition) is 11. The number of benzene rings is 2. The topological polar surface area (TPSA) is 118 Å². The van der Waals surface area contributed by atoms with Crippen molar-refractivity contribution in [2.75, 3.05) is 67.8 Å². The Hall–Kier alpha value is -3.74. The average molecular weight is 525 g/mol. The van der Waals surface area contributed by atoms with Crippen LogP contribution in [0.5, 0.6) is 5.75 Å². The number of ether oxygens (including phenoxy) is 2. The van der Waals surface area contributed by atoms with E-state index in [0.717, 1.165) is 18.9 Å². The minimum atomic E-state index is -3.98. The summed E-state index contributed by atoms with van der Waals surface area (Å²) < 4.78 is 41.8. The summed E-state index contributed by atoms with van der Waals surface area (Å²) in [7, 11) is -3.98. The van der Waals surface area contributed by atoms with Crippen LogP contribution in [0.25, 0.3) is 0 Å². The fourth-order valence-electron chi connectivity index (χ4n) is 3.92. The Balaban J connectivity index is 1.36. The SMILES string of the molecule is O=S(=O)(Oc1ccccc1/C=N\Nc1cc(N2CCOCC2)nc(N2CCOCC2)n1)c1ccccc1. The maximum absolute atomic E-state index is 12.7. The minimum Gasteiger partial charge on any atom is -0.378 e. The predicted octanol–water partition coefficient (Wildman–Crippen LogP) is 2.36. The highest BCUT2D eigenvalue weighted by atomic mass is 32.2. The van der Waals surface area contributed by atoms with Gasteiger partial charge in [-0.3, -0.25) is 5.43 Å². The molecule has 2 saturated heterocycles. The largest absolute Gasteiger partial charge is 0.378 e. The van der Waals surface area contributed by atoms with Crippen LogP contribution in [0.15, 0.2) is 70.7 Å². The molecule has 0 atom stereocenters. The number of nitrogens with zero attached hydrogens (tertiary/aromatic N) is 5. The molecule has 11 nitrogen and oxygen atoms in total. The van der Waals surface area contributed by atoms with Crippen LogP contribution in [-0.2, 0) is 19.6 Å². The van der Waals surface area contributed by atoms with Gasteiger partial charge >= 0.3 is 10.1 Å². The Morgan fingerprint density at radius 1 is 0.865 bits per heavy atom. The summed E-state index contributed by atoms with van der Waals surface area (Å²) in [5, 5.41) is 4.32. The van der Waals surface area contributed by atoms with Crippen molar-refractivity contribution in [2.24, 2.45) is 5.10 Å². The molecule has 2 aromatic carbocycles. The van der Waals surface area contributed by atoms with Crippen LogP contribution in [0.2, 0.25) is 0 Å². The van der Waals surface area contributed by atoms with E-state index in [1.165, 1.54) is 18.3 Å². The molecule has 3 heterocycles. The first-order chi connectivity index (χ1) is 18.1. The fraction of sp³-hybridized carbons (Fsp3) is 0.320. The summed E-state index contributed by atoms with van der Waals surface area (Å²) in [6.45, 7) is 5.40. The van der Waals surface area contributed by atoms with Gasteiger partial charge in [-0.1, -0.05) is 30.3 Å². The van der Waals surface area contributed by atoms with Crippen LogP contribution >= 0.6 is 0 Å². The second-order valence-electron chi connectivity index (χ2n) is 8.37. The number of aromatic nitrogens is 2. The molecule has 0 saturated carbocycles. The van der Waals surface area contributed by atoms with Crippen molar-refractivity contribution in [1.82, 2.24) is 9.97 Å². The molecule has 12 heteroatoms. The van der Waals surface area contributed by atoms with Gasteiger partial charge in [-0.2, -0.15) is 23.5 Å². The Labute approximate surface area is 215 Å². The molecule has 0 bridgehead atoms. The zero-order valence-electron chi connectivity index (χ0n) is 20.2. The Bertz CT molecular complexity index is 1290. The molecule has 194 valence electrons. The lowest BCUT2D eigenvalue weighted by molar-refractivity contribution is 0.121. The third-order valence-electron chi connectivity index (χ3n) is 5.86. The molecule has 0 amide bonds. The fourth-order valence-corrected chi connectivity index (χ4v) is 4.90. The highest BCUT2D eigenvalue weighted by Gasteiger charge is 2.20. The molecule has 1 aromatic heterocycles. The highest BCUT2D eigenvalue weighted by molar-refractivity contribution is 7.87. The first-order valence-corrected chi connectivity index (χ1v) is 13.4. The zero-order valence-corrected chi connectivity index (χ0v) is 21.0. The van der Waals surface area contributed by atoms with E-state index in [2.05, 4.69) is 25.3 Å². The standard InChI is InChI=1S/C25H28N6O5S/c32-37(33,21-7-2-1-3-8-21)36-22-9-5-4-6-20(22)19-26-29-23-18-24(30-10-14-34-15-11-30)28-25(27-23)31-12-16-35-17-13-31/h1-9,18-19H,10-17H2,(H,27,28,29)/b26-19-. The summed E-state index contributed by atoms with van der Waals surface area (Å²) in [4.78, 5) is 13.7. The van der Waals surface area contributed by atoms with E-state index in [1.807, 2.05) is 6.07 Å². The van der Waals surface area contributed by atoms with Crippen molar-refractivity contribution < 1.29 is 22.1 Å². The summed E-state index contributed by atoms with van der Waals surface area (Å²) in [5.41, 5.74) is 3.46. The lowest BCUT2D eigenvalue weighted by Crippen LogP contribution is -2.39. The van der Waals surface area contributed by atoms with Crippen molar-refractivity contribution in [3.63, 3.8) is 0 Å². The van der Waals surface area contributed by atoms with Gasteiger partial charge in [-0.05, 0) is 24.3 Å². The second-order valence-corrected chi connectivity index (χ2v) is 9.91. The number of hydrazone groups is 1. The van der Waals surface area contributed by atoms with Crippen LogP contribution < -0.4 is 19.4 Å². The molecule has 1 N–H and O–H groups in total. The van der Waals surface area contributed by atoms with Gasteiger partial charge in [0.1, 0.15) is 10.7 Å². The number of morpholine rings is 2. The van der Waals surface area contributed by atoms with Gasteiger partial charge in [-0.15, -0.1) is 0 Å². The van der Waals surface area contributed by atoms with Gasteiger partial charge in [0.15, 0.2) is 11.6 Å². The van der Waals surface area contributed by atoms with Gasteiger partial charge in [-0.25, -0.2) is 0 Å². The molecular weight excluding hydrogens is 496 g/mol. The van der Waals surface area contributed by atoms with E-state index in [1.54, 1.807) is 42.5 Å². The Morgan fingerprint density at radius 3 is 2.24 bits per heavy atom. The maximum Gasteiger partial charge on any atom is 0.339 e. The lowest BCUT2D eigenvalue weighted by Gasteiger charge is -2.31. The number of para-hydroxylation sites is 1. The third-order valence-corrected chi connectivity index (χ3v) is 7.11. The van der Waals surface area contributed by atoms with Gasteiger partial charge in [0.05, 0.1) is 32.6 Å². The normalized spacial score (nSPS) is 16.6. The number of rotatable bonds is 8. The van der Waals surface area contributed by atoms with Crippen molar-refractivity contribution >= 4 is 33.9 Å². The van der Waals surface area contributed by atoms with E-state index in [9.17, 15) is 8.42 Å². The van der Waals surface area contributed by atoms with Crippen LogP contribution in [0.1, 0.15) is 5.56 Å². The van der Waals surface area contributed by atoms with E-state index >= 15 is 0 Å². The molecule has 0 aliphatic carbocycles. The molecule has 0 radical (unpaired) electrons. The molecule has 0 unspecified atom stereocenters. The maximum atomic E-state index is 12.7. The minimum absolute atomic E-state index is 0.0761. The molecular formula is C25H28N6O5S. The van der Waals surface area contributed by atoms with E-state index < -0.39 is 10.1 Å². The van der Waals surface area contributed by atoms with Crippen molar-refractivity contribution in [3.05, 3.63) is 66.2 Å². The molecule has 37 heavy (non-hydrogen) atoms. The predicted molar refractivity (Wildman–Crippen MR) is 140 cm³/mol. The average Bonchev–Trinajstić information content (AvgIpc) is 2.95. The third kappa shape index (κ3) is 6.34. The first kappa shape index (κ1) is 24.9. The van der Waals surface area contributed by atoms with Crippen LogP contribution in [0.3, 0.4) is 0 Å². The molecule has 5 rings (SSSR count). The van der Waals surface area contributed by atoms with Crippen LogP contribution in [-0.4, -0.2) is 77.2 Å². The van der Waals surface area contributed by atoms with E-state index in [0.29, 0.717) is 56.8 Å². The van der Waals surface area contributed by atoms with Crippen molar-refractivity contribution in [2.45, 2.75) is 4.90 Å². The van der Waals surface area contributed by atoms with Crippen molar-refractivity contribution in [1.29, 1.82) is 0 Å². The number of nitrogens with one attached hydrogen (secondary N) is 1. The highest BCUT2D eigenvalue weighted by Crippen LogP contribution is 2.24. The Kier molecular flexibility index (Phi) is 7.78. The lowest BCUT2D eigenvalue weighted by atomic mass is 10.2.